The number of carbonyl (C=O) groups excluding carboxylic acids is 1. The molecule has 0 atom stereocenters. The Balaban J connectivity index is 2.66. The molecule has 0 fully saturated rings. The molecule has 0 spiro atoms. The molecule has 0 aromatic carbocycles. The van der Waals surface area contributed by atoms with E-state index in [9.17, 15) is 18.0 Å². The van der Waals surface area contributed by atoms with E-state index in [0.717, 1.165) is 16.9 Å². The maximum atomic E-state index is 11.9. The third-order valence-corrected chi connectivity index (χ3v) is 3.40. The van der Waals surface area contributed by atoms with Crippen molar-refractivity contribution >= 4 is 17.2 Å². The smallest absolute Gasteiger partial charge is 0.342 e. The summed E-state index contributed by atoms with van der Waals surface area (Å²) < 4.78 is 35.6. The predicted octanol–water partition coefficient (Wildman–Crippen LogP) is 2.91. The minimum absolute atomic E-state index is 0.332. The Morgan fingerprint density at radius 2 is 2.12 bits per heavy atom. The summed E-state index contributed by atoms with van der Waals surface area (Å²) >= 11 is 1.24. The second kappa shape index (κ2) is 4.86. The van der Waals surface area contributed by atoms with Gasteiger partial charge in [0.25, 0.3) is 5.91 Å². The molecule has 2 nitrogen and oxygen atoms in total. The molecule has 0 radical (unpaired) electrons. The van der Waals surface area contributed by atoms with E-state index in [4.69, 9.17) is 0 Å². The first-order chi connectivity index (χ1) is 7.33. The van der Waals surface area contributed by atoms with Crippen LogP contribution in [-0.2, 0) is 6.42 Å². The van der Waals surface area contributed by atoms with E-state index < -0.39 is 18.6 Å². The summed E-state index contributed by atoms with van der Waals surface area (Å²) in [5.41, 5.74) is 0.949. The molecule has 1 aromatic rings. The van der Waals surface area contributed by atoms with Crippen LogP contribution in [0.3, 0.4) is 0 Å². The highest BCUT2D eigenvalue weighted by molar-refractivity contribution is 7.14. The van der Waals surface area contributed by atoms with Gasteiger partial charge in [-0.05, 0) is 25.0 Å². The summed E-state index contributed by atoms with van der Waals surface area (Å²) in [6, 6.07) is 1.62. The number of hydrogen-bond donors (Lipinski definition) is 1. The van der Waals surface area contributed by atoms with Crippen LogP contribution in [0.5, 0.6) is 0 Å². The molecule has 0 aliphatic rings. The first kappa shape index (κ1) is 13.0. The van der Waals surface area contributed by atoms with Crippen LogP contribution in [0.1, 0.15) is 27.0 Å². The van der Waals surface area contributed by atoms with Gasteiger partial charge >= 0.3 is 6.18 Å². The number of carbonyl (C=O) groups is 1. The Labute approximate surface area is 95.5 Å². The van der Waals surface area contributed by atoms with Gasteiger partial charge in [-0.3, -0.25) is 4.79 Å². The zero-order chi connectivity index (χ0) is 12.3. The average Bonchev–Trinajstić information content (AvgIpc) is 2.55. The number of alkyl halides is 3. The van der Waals surface area contributed by atoms with E-state index >= 15 is 0 Å². The maximum absolute atomic E-state index is 11.9. The Morgan fingerprint density at radius 3 is 2.56 bits per heavy atom. The first-order valence-electron chi connectivity index (χ1n) is 4.77. The van der Waals surface area contributed by atoms with Crippen LogP contribution in [0.15, 0.2) is 6.07 Å². The fraction of sp³-hybridized carbons (Fsp3) is 0.500. The maximum Gasteiger partial charge on any atom is 0.405 e. The van der Waals surface area contributed by atoms with Crippen molar-refractivity contribution in [2.75, 3.05) is 6.54 Å². The van der Waals surface area contributed by atoms with Crippen LogP contribution in [0.4, 0.5) is 13.2 Å². The molecule has 0 aliphatic heterocycles. The standard InChI is InChI=1S/C10H12F3NOS/c1-3-7-6(2)4-8(16-7)9(15)14-5-10(11,12)13/h4H,3,5H2,1-2H3,(H,14,15). The Hall–Kier alpha value is -1.04. The molecular weight excluding hydrogens is 239 g/mol. The van der Waals surface area contributed by atoms with Crippen LogP contribution in [-0.4, -0.2) is 18.6 Å². The molecule has 6 heteroatoms. The monoisotopic (exact) mass is 251 g/mol. The second-order valence-corrected chi connectivity index (χ2v) is 4.50. The third-order valence-electron chi connectivity index (χ3n) is 2.01. The van der Waals surface area contributed by atoms with Gasteiger partial charge in [-0.2, -0.15) is 13.2 Å². The van der Waals surface area contributed by atoms with Crippen LogP contribution < -0.4 is 5.32 Å². The lowest BCUT2D eigenvalue weighted by atomic mass is 10.2. The van der Waals surface area contributed by atoms with Crippen molar-refractivity contribution in [2.24, 2.45) is 0 Å². The Kier molecular flexibility index (Phi) is 3.96. The van der Waals surface area contributed by atoms with Gasteiger partial charge in [0, 0.05) is 4.88 Å². The van der Waals surface area contributed by atoms with Crippen molar-refractivity contribution in [1.82, 2.24) is 5.32 Å². The van der Waals surface area contributed by atoms with Crippen LogP contribution in [0.2, 0.25) is 0 Å². The molecule has 90 valence electrons. The predicted molar refractivity (Wildman–Crippen MR) is 56.8 cm³/mol. The highest BCUT2D eigenvalue weighted by atomic mass is 32.1. The number of nitrogens with one attached hydrogen (secondary N) is 1. The lowest BCUT2D eigenvalue weighted by Crippen LogP contribution is -2.33. The van der Waals surface area contributed by atoms with Crippen molar-refractivity contribution in [3.8, 4) is 0 Å². The van der Waals surface area contributed by atoms with E-state index in [0.29, 0.717) is 4.88 Å². The lowest BCUT2D eigenvalue weighted by molar-refractivity contribution is -0.123. The quantitative estimate of drug-likeness (QED) is 0.879. The SMILES string of the molecule is CCc1sc(C(=O)NCC(F)(F)F)cc1C. The minimum Gasteiger partial charge on any atom is -0.342 e. The zero-order valence-corrected chi connectivity index (χ0v) is 9.76. The van der Waals surface area contributed by atoms with Gasteiger partial charge in [-0.15, -0.1) is 11.3 Å². The van der Waals surface area contributed by atoms with Gasteiger partial charge in [0.15, 0.2) is 0 Å². The minimum atomic E-state index is -4.37. The number of amides is 1. The topological polar surface area (TPSA) is 29.1 Å². The van der Waals surface area contributed by atoms with E-state index in [1.54, 1.807) is 6.07 Å². The van der Waals surface area contributed by atoms with E-state index in [1.165, 1.54) is 11.3 Å². The summed E-state index contributed by atoms with van der Waals surface area (Å²) in [5, 5.41) is 1.85. The van der Waals surface area contributed by atoms with Crippen molar-refractivity contribution in [2.45, 2.75) is 26.4 Å². The summed E-state index contributed by atoms with van der Waals surface area (Å²) in [4.78, 5) is 12.7. The average molecular weight is 251 g/mol. The molecule has 1 rings (SSSR count). The molecule has 1 aromatic heterocycles. The number of aryl methyl sites for hydroxylation is 2. The van der Waals surface area contributed by atoms with Gasteiger partial charge in [-0.1, -0.05) is 6.92 Å². The summed E-state index contributed by atoms with van der Waals surface area (Å²) in [6.45, 7) is 2.50. The van der Waals surface area contributed by atoms with Gasteiger partial charge < -0.3 is 5.32 Å². The molecule has 1 heterocycles. The largest absolute Gasteiger partial charge is 0.405 e. The summed E-state index contributed by atoms with van der Waals surface area (Å²) in [6.07, 6.45) is -3.58. The Bertz CT molecular complexity index is 384. The highest BCUT2D eigenvalue weighted by Gasteiger charge is 2.28. The zero-order valence-electron chi connectivity index (χ0n) is 8.94. The van der Waals surface area contributed by atoms with Crippen molar-refractivity contribution in [1.29, 1.82) is 0 Å². The first-order valence-corrected chi connectivity index (χ1v) is 5.59. The van der Waals surface area contributed by atoms with Crippen molar-refractivity contribution in [3.05, 3.63) is 21.4 Å². The van der Waals surface area contributed by atoms with Crippen molar-refractivity contribution in [3.63, 3.8) is 0 Å². The lowest BCUT2D eigenvalue weighted by Gasteiger charge is -2.06. The van der Waals surface area contributed by atoms with E-state index in [-0.39, 0.29) is 0 Å². The molecule has 16 heavy (non-hydrogen) atoms. The summed E-state index contributed by atoms with van der Waals surface area (Å²) in [5.74, 6) is -0.662. The number of halogens is 3. The van der Waals surface area contributed by atoms with Crippen LogP contribution in [0, 0.1) is 6.92 Å². The van der Waals surface area contributed by atoms with Gasteiger partial charge in [0.1, 0.15) is 6.54 Å². The fourth-order valence-corrected chi connectivity index (χ4v) is 2.28. The highest BCUT2D eigenvalue weighted by Crippen LogP contribution is 2.22. The van der Waals surface area contributed by atoms with Crippen LogP contribution in [0.25, 0.3) is 0 Å². The number of thiophene rings is 1. The third kappa shape index (κ3) is 3.52. The van der Waals surface area contributed by atoms with Crippen molar-refractivity contribution < 1.29 is 18.0 Å². The van der Waals surface area contributed by atoms with Gasteiger partial charge in [0.05, 0.1) is 4.88 Å². The number of rotatable bonds is 3. The Morgan fingerprint density at radius 1 is 1.50 bits per heavy atom. The van der Waals surface area contributed by atoms with E-state index in [1.807, 2.05) is 19.2 Å². The summed E-state index contributed by atoms with van der Waals surface area (Å²) in [7, 11) is 0. The molecule has 1 N–H and O–H groups in total. The molecule has 0 saturated heterocycles. The molecular formula is C10H12F3NOS. The molecule has 0 saturated carbocycles. The molecule has 0 aliphatic carbocycles. The fourth-order valence-electron chi connectivity index (χ4n) is 1.25. The molecule has 1 amide bonds. The second-order valence-electron chi connectivity index (χ2n) is 3.37. The van der Waals surface area contributed by atoms with Gasteiger partial charge in [-0.25, -0.2) is 0 Å². The van der Waals surface area contributed by atoms with Crippen LogP contribution >= 0.6 is 11.3 Å². The number of hydrogen-bond acceptors (Lipinski definition) is 2. The molecule has 0 unspecified atom stereocenters. The normalized spacial score (nSPS) is 11.6. The molecule has 0 bridgehead atoms. The van der Waals surface area contributed by atoms with Gasteiger partial charge in [0.2, 0.25) is 0 Å². The van der Waals surface area contributed by atoms with E-state index in [2.05, 4.69) is 0 Å².